The minimum atomic E-state index is -3.93. The van der Waals surface area contributed by atoms with Crippen molar-refractivity contribution in [3.05, 3.63) is 43.1 Å². The van der Waals surface area contributed by atoms with Crippen molar-refractivity contribution >= 4 is 44.6 Å². The molecule has 0 bridgehead atoms. The number of likely N-dealkylation sites (tertiary alicyclic amines) is 1. The Hall–Kier alpha value is -4.40. The molecule has 0 unspecified atom stereocenters. The van der Waals surface area contributed by atoms with Crippen LogP contribution in [0.25, 0.3) is 10.8 Å². The monoisotopic (exact) mass is 743 g/mol. The number of hydrogen-bond donors (Lipinski definition) is 3. The van der Waals surface area contributed by atoms with Crippen LogP contribution in [0.2, 0.25) is 0 Å². The molecule has 286 valence electrons. The van der Waals surface area contributed by atoms with Crippen molar-refractivity contribution in [2.24, 2.45) is 5.41 Å². The topological polar surface area (TPSA) is 182 Å². The molecule has 1 saturated heterocycles. The maximum Gasteiger partial charge on any atom is 0.408 e. The van der Waals surface area contributed by atoms with Crippen LogP contribution in [0.4, 0.5) is 4.79 Å². The van der Waals surface area contributed by atoms with Crippen molar-refractivity contribution < 1.29 is 41.8 Å². The van der Waals surface area contributed by atoms with Crippen molar-refractivity contribution in [1.82, 2.24) is 25.2 Å². The van der Waals surface area contributed by atoms with Crippen molar-refractivity contribution in [2.75, 3.05) is 6.54 Å². The second kappa shape index (κ2) is 15.3. The van der Waals surface area contributed by atoms with Gasteiger partial charge in [0.25, 0.3) is 5.91 Å². The third-order valence-electron chi connectivity index (χ3n) is 8.62. The Morgan fingerprint density at radius 1 is 1.06 bits per heavy atom. The highest BCUT2D eigenvalue weighted by atomic mass is 32.2. The number of pyridine rings is 1. The highest BCUT2D eigenvalue weighted by Crippen LogP contribution is 2.33. The molecule has 2 aliphatic rings. The second-order valence-electron chi connectivity index (χ2n) is 16.1. The van der Waals surface area contributed by atoms with E-state index in [-0.39, 0.29) is 31.4 Å². The summed E-state index contributed by atoms with van der Waals surface area (Å²) in [7, 11) is -3.93. The van der Waals surface area contributed by atoms with Gasteiger partial charge in [-0.05, 0) is 95.9 Å². The van der Waals surface area contributed by atoms with Gasteiger partial charge in [0.15, 0.2) is 0 Å². The largest absolute Gasteiger partial charge is 0.491 e. The van der Waals surface area contributed by atoms with Gasteiger partial charge >= 0.3 is 6.09 Å². The van der Waals surface area contributed by atoms with Crippen molar-refractivity contribution in [3.63, 3.8) is 0 Å². The van der Waals surface area contributed by atoms with Crippen LogP contribution in [0.1, 0.15) is 88.0 Å². The normalized spacial score (nSPS) is 19.7. The number of carbonyl (C=O) groups is 4. The molecule has 2 heterocycles. The number of nitrogens with zero attached hydrogens (tertiary/aromatic N) is 2. The maximum absolute atomic E-state index is 14.5. The Bertz CT molecular complexity index is 1800. The molecule has 1 aliphatic heterocycles. The van der Waals surface area contributed by atoms with Gasteiger partial charge in [0.05, 0.1) is 17.9 Å². The first-order valence-corrected chi connectivity index (χ1v) is 19.1. The molecule has 14 nitrogen and oxygen atoms in total. The Kier molecular flexibility index (Phi) is 11.9. The average molecular weight is 744 g/mol. The van der Waals surface area contributed by atoms with E-state index in [4.69, 9.17) is 14.2 Å². The van der Waals surface area contributed by atoms with Crippen LogP contribution in [0.5, 0.6) is 11.6 Å². The maximum atomic E-state index is 14.5. The Morgan fingerprint density at radius 2 is 1.73 bits per heavy atom. The van der Waals surface area contributed by atoms with Crippen molar-refractivity contribution in [1.29, 1.82) is 0 Å². The molecule has 0 radical (unpaired) electrons. The van der Waals surface area contributed by atoms with Crippen LogP contribution in [0, 0.1) is 5.41 Å². The zero-order valence-corrected chi connectivity index (χ0v) is 32.4. The van der Waals surface area contributed by atoms with Gasteiger partial charge in [-0.15, -0.1) is 6.58 Å². The number of alkyl carbamates (subject to hydrolysis) is 1. The second-order valence-corrected chi connectivity index (χ2v) is 18.0. The average Bonchev–Trinajstić information content (AvgIpc) is 3.79. The third-order valence-corrected chi connectivity index (χ3v) is 10.4. The summed E-state index contributed by atoms with van der Waals surface area (Å²) in [5.41, 5.74) is -3.38. The first-order valence-electron chi connectivity index (χ1n) is 17.5. The zero-order valence-electron chi connectivity index (χ0n) is 31.6. The summed E-state index contributed by atoms with van der Waals surface area (Å²) in [5, 5.41) is 6.24. The van der Waals surface area contributed by atoms with Crippen molar-refractivity contribution in [2.45, 2.75) is 129 Å². The molecule has 0 spiro atoms. The number of benzene rings is 1. The molecule has 1 saturated carbocycles. The fraction of sp³-hybridized carbons (Fsp3) is 0.595. The van der Waals surface area contributed by atoms with Crippen LogP contribution in [0.15, 0.2) is 43.1 Å². The van der Waals surface area contributed by atoms with E-state index < -0.39 is 73.8 Å². The lowest BCUT2D eigenvalue weighted by Gasteiger charge is -2.36. The summed E-state index contributed by atoms with van der Waals surface area (Å²) < 4.78 is 45.1. The Balaban J connectivity index is 1.67. The molecule has 1 aliphatic carbocycles. The van der Waals surface area contributed by atoms with E-state index in [1.165, 1.54) is 17.9 Å². The molecular weight excluding hydrogens is 691 g/mol. The van der Waals surface area contributed by atoms with Gasteiger partial charge in [0.1, 0.15) is 35.1 Å². The summed E-state index contributed by atoms with van der Waals surface area (Å²) in [4.78, 5) is 60.8. The summed E-state index contributed by atoms with van der Waals surface area (Å²) in [6.07, 6.45) is 2.22. The molecule has 2 fully saturated rings. The number of carbonyl (C=O) groups excluding carboxylic acids is 4. The molecule has 52 heavy (non-hydrogen) atoms. The Labute approximate surface area is 306 Å². The van der Waals surface area contributed by atoms with E-state index in [2.05, 4.69) is 26.9 Å². The van der Waals surface area contributed by atoms with Gasteiger partial charge in [0.2, 0.25) is 27.7 Å². The zero-order chi connectivity index (χ0) is 38.8. The molecular formula is C37H53N5O9S. The predicted octanol–water partition coefficient (Wildman–Crippen LogP) is 4.37. The summed E-state index contributed by atoms with van der Waals surface area (Å²) in [6.45, 7) is 19.3. The highest BCUT2D eigenvalue weighted by molar-refractivity contribution is 7.91. The number of fused-ring (bicyclic) bond motifs is 1. The van der Waals surface area contributed by atoms with Crippen LogP contribution in [-0.4, -0.2) is 89.3 Å². The van der Waals surface area contributed by atoms with Gasteiger partial charge < -0.3 is 29.7 Å². The standard InChI is InChI=1S/C37H53N5O9S/c1-11-17-37(10,33(45)41-52(47,48)26-13-14-26)40-30(43)28-20-25(50-31-27-15-12-24(49-22(2)3)19-23(27)16-18-38-31)21-42(28)32(44)29(35(4,5)6)39-34(46)51-36(7,8)9/h11-12,15-16,18-19,22,25-26,28-29H,1,13-14,17,20-21H2,2-10H3,(H,39,46)(H,40,43)(H,41,45)/t25-,28+,29-,37+/m1/s1. The SMILES string of the molecule is C=CC[C@](C)(NC(=O)[C@@H]1C[C@@H](Oc2nccc3cc(OC(C)C)ccc23)CN1C(=O)[C@@H](NC(=O)OC(C)(C)C)C(C)(C)C)C(=O)NS(=O)(=O)C1CC1. The molecule has 1 aromatic carbocycles. The quantitative estimate of drug-likeness (QED) is 0.249. The summed E-state index contributed by atoms with van der Waals surface area (Å²) in [5.74, 6) is -1.24. The summed E-state index contributed by atoms with van der Waals surface area (Å²) in [6, 6.07) is 5.02. The minimum absolute atomic E-state index is 0.000351. The molecule has 4 amide bonds. The Morgan fingerprint density at radius 3 is 2.31 bits per heavy atom. The van der Waals surface area contributed by atoms with Gasteiger partial charge in [0, 0.05) is 18.0 Å². The van der Waals surface area contributed by atoms with Gasteiger partial charge in [-0.1, -0.05) is 26.8 Å². The lowest BCUT2D eigenvalue weighted by Crippen LogP contribution is -2.62. The number of amides is 4. The fourth-order valence-electron chi connectivity index (χ4n) is 5.89. The highest BCUT2D eigenvalue weighted by Gasteiger charge is 2.49. The van der Waals surface area contributed by atoms with Crippen molar-refractivity contribution in [3.8, 4) is 11.6 Å². The molecule has 4 rings (SSSR count). The first-order chi connectivity index (χ1) is 24.0. The van der Waals surface area contributed by atoms with Crippen LogP contribution in [0.3, 0.4) is 0 Å². The molecule has 2 aromatic rings. The van der Waals surface area contributed by atoms with Gasteiger partial charge in [-0.2, -0.15) is 0 Å². The number of hydrogen-bond acceptors (Lipinski definition) is 10. The van der Waals surface area contributed by atoms with Crippen LogP contribution in [-0.2, 0) is 29.1 Å². The minimum Gasteiger partial charge on any atom is -0.491 e. The van der Waals surface area contributed by atoms with Crippen LogP contribution >= 0.6 is 0 Å². The van der Waals surface area contributed by atoms with Crippen LogP contribution < -0.4 is 24.8 Å². The molecule has 4 atom stereocenters. The van der Waals surface area contributed by atoms with Gasteiger partial charge in [-0.3, -0.25) is 19.1 Å². The molecule has 3 N–H and O–H groups in total. The first kappa shape index (κ1) is 40.4. The van der Waals surface area contributed by atoms with E-state index in [1.807, 2.05) is 38.1 Å². The van der Waals surface area contributed by atoms with E-state index in [0.29, 0.717) is 24.0 Å². The van der Waals surface area contributed by atoms with E-state index >= 15 is 0 Å². The molecule has 15 heteroatoms. The number of aromatic nitrogens is 1. The number of nitrogens with one attached hydrogen (secondary N) is 3. The predicted molar refractivity (Wildman–Crippen MR) is 196 cm³/mol. The lowest BCUT2D eigenvalue weighted by atomic mass is 9.85. The van der Waals surface area contributed by atoms with E-state index in [0.717, 1.165) is 5.39 Å². The smallest absolute Gasteiger partial charge is 0.408 e. The lowest BCUT2D eigenvalue weighted by molar-refractivity contribution is -0.143. The third kappa shape index (κ3) is 10.1. The summed E-state index contributed by atoms with van der Waals surface area (Å²) >= 11 is 0. The number of ether oxygens (including phenoxy) is 3. The number of rotatable bonds is 13. The van der Waals surface area contributed by atoms with E-state index in [1.54, 1.807) is 47.7 Å². The molecule has 1 aromatic heterocycles. The van der Waals surface area contributed by atoms with Gasteiger partial charge in [-0.25, -0.2) is 18.2 Å². The van der Waals surface area contributed by atoms with E-state index in [9.17, 15) is 27.6 Å². The number of sulfonamides is 1. The fourth-order valence-corrected chi connectivity index (χ4v) is 7.30.